The van der Waals surface area contributed by atoms with Crippen molar-refractivity contribution in [2.24, 2.45) is 5.73 Å². The Morgan fingerprint density at radius 3 is 3.05 bits per heavy atom. The van der Waals surface area contributed by atoms with Gasteiger partial charge in [0.05, 0.1) is 13.2 Å². The molecule has 1 aromatic rings. The third-order valence-electron chi connectivity index (χ3n) is 2.93. The van der Waals surface area contributed by atoms with Crippen LogP contribution in [0.2, 0.25) is 0 Å². The van der Waals surface area contributed by atoms with Gasteiger partial charge in [-0.3, -0.25) is 0 Å². The van der Waals surface area contributed by atoms with Crippen molar-refractivity contribution in [1.29, 1.82) is 0 Å². The van der Waals surface area contributed by atoms with E-state index in [0.29, 0.717) is 37.5 Å². The Kier molecular flexibility index (Phi) is 4.95. The number of anilines is 1. The number of nitrogens with two attached hydrogens (primary N) is 1. The second-order valence-electron chi connectivity index (χ2n) is 4.44. The molecule has 0 amide bonds. The maximum absolute atomic E-state index is 13.9. The van der Waals surface area contributed by atoms with E-state index in [0.717, 1.165) is 5.69 Å². The second kappa shape index (κ2) is 6.70. The maximum atomic E-state index is 13.9. The van der Waals surface area contributed by atoms with Crippen LogP contribution in [0.1, 0.15) is 5.56 Å². The molecule has 6 heteroatoms. The molecular weight excluding hydrogens is 251 g/mol. The highest BCUT2D eigenvalue weighted by Crippen LogP contribution is 2.29. The topological polar surface area (TPSA) is 65.7 Å². The van der Waals surface area contributed by atoms with Gasteiger partial charge in [0.2, 0.25) is 0 Å². The molecule has 1 heterocycles. The molecule has 3 N–H and O–H groups in total. The Bertz CT molecular complexity index is 429. The second-order valence-corrected chi connectivity index (χ2v) is 4.44. The fourth-order valence-corrected chi connectivity index (χ4v) is 1.95. The van der Waals surface area contributed by atoms with Gasteiger partial charge in [0.25, 0.3) is 0 Å². The lowest BCUT2D eigenvalue weighted by Crippen LogP contribution is -2.35. The normalized spacial score (nSPS) is 17.7. The fraction of sp³-hybridized carbons (Fsp3) is 0.538. The third-order valence-corrected chi connectivity index (χ3v) is 2.93. The van der Waals surface area contributed by atoms with Gasteiger partial charge in [0.15, 0.2) is 6.79 Å². The number of rotatable bonds is 6. The molecule has 1 unspecified atom stereocenters. The fourth-order valence-electron chi connectivity index (χ4n) is 1.95. The Balaban J connectivity index is 1.94. The Labute approximate surface area is 111 Å². The van der Waals surface area contributed by atoms with Crippen molar-refractivity contribution in [2.75, 3.05) is 39.0 Å². The lowest BCUT2D eigenvalue weighted by molar-refractivity contribution is -0.00857. The number of halogens is 1. The summed E-state index contributed by atoms with van der Waals surface area (Å²) in [4.78, 5) is 0. The minimum Gasteiger partial charge on any atom is -0.467 e. The molecule has 5 nitrogen and oxygen atoms in total. The van der Waals surface area contributed by atoms with Crippen LogP contribution in [-0.2, 0) is 15.9 Å². The number of hydrogen-bond acceptors (Lipinski definition) is 5. The summed E-state index contributed by atoms with van der Waals surface area (Å²) < 4.78 is 29.2. The maximum Gasteiger partial charge on any atom is 0.189 e. The van der Waals surface area contributed by atoms with Crippen molar-refractivity contribution in [3.8, 4) is 5.75 Å². The molecule has 0 spiro atoms. The summed E-state index contributed by atoms with van der Waals surface area (Å²) >= 11 is 0. The first-order valence-electron chi connectivity index (χ1n) is 6.22. The summed E-state index contributed by atoms with van der Waals surface area (Å²) in [6.45, 7) is 1.65. The van der Waals surface area contributed by atoms with E-state index in [1.54, 1.807) is 13.2 Å². The molecule has 1 aliphatic heterocycles. The number of ether oxygens (including phenoxy) is 3. The predicted molar refractivity (Wildman–Crippen MR) is 69.9 cm³/mol. The third kappa shape index (κ3) is 3.79. The van der Waals surface area contributed by atoms with E-state index in [-0.39, 0.29) is 18.7 Å². The summed E-state index contributed by atoms with van der Waals surface area (Å²) in [6, 6.07) is 3.08. The monoisotopic (exact) mass is 270 g/mol. The first-order valence-corrected chi connectivity index (χ1v) is 6.22. The van der Waals surface area contributed by atoms with Crippen LogP contribution < -0.4 is 15.8 Å². The summed E-state index contributed by atoms with van der Waals surface area (Å²) in [7, 11) is 1.60. The first kappa shape index (κ1) is 14.0. The summed E-state index contributed by atoms with van der Waals surface area (Å²) in [5.74, 6) is 0.142. The van der Waals surface area contributed by atoms with Crippen molar-refractivity contribution in [3.63, 3.8) is 0 Å². The smallest absolute Gasteiger partial charge is 0.189 e. The highest BCUT2D eigenvalue weighted by molar-refractivity contribution is 5.58. The Morgan fingerprint density at radius 1 is 1.42 bits per heavy atom. The van der Waals surface area contributed by atoms with Gasteiger partial charge in [-0.05, 0) is 6.42 Å². The van der Waals surface area contributed by atoms with Crippen molar-refractivity contribution in [3.05, 3.63) is 23.5 Å². The molecule has 1 aliphatic rings. The summed E-state index contributed by atoms with van der Waals surface area (Å²) in [5, 5.41) is 3.10. The van der Waals surface area contributed by atoms with E-state index < -0.39 is 0 Å². The molecule has 1 atom stereocenters. The lowest BCUT2D eigenvalue weighted by Gasteiger charge is -2.24. The molecule has 0 fully saturated rings. The highest BCUT2D eigenvalue weighted by Gasteiger charge is 2.19. The number of benzene rings is 1. The average molecular weight is 270 g/mol. The van der Waals surface area contributed by atoms with Gasteiger partial charge in [0.1, 0.15) is 11.6 Å². The highest BCUT2D eigenvalue weighted by atomic mass is 19.1. The van der Waals surface area contributed by atoms with Crippen molar-refractivity contribution in [1.82, 2.24) is 0 Å². The summed E-state index contributed by atoms with van der Waals surface area (Å²) in [6.07, 6.45) is 0.540. The van der Waals surface area contributed by atoms with Gasteiger partial charge in [-0.2, -0.15) is 0 Å². The van der Waals surface area contributed by atoms with Crippen LogP contribution in [0.15, 0.2) is 12.1 Å². The molecule has 106 valence electrons. The van der Waals surface area contributed by atoms with Crippen LogP contribution in [0.5, 0.6) is 5.75 Å². The van der Waals surface area contributed by atoms with Gasteiger partial charge < -0.3 is 25.3 Å². The van der Waals surface area contributed by atoms with Crippen LogP contribution in [0.4, 0.5) is 10.1 Å². The van der Waals surface area contributed by atoms with E-state index in [1.165, 1.54) is 6.07 Å². The average Bonchev–Trinajstić information content (AvgIpc) is 2.39. The number of nitrogens with one attached hydrogen (secondary N) is 1. The zero-order chi connectivity index (χ0) is 13.7. The van der Waals surface area contributed by atoms with Crippen LogP contribution in [0, 0.1) is 5.82 Å². The molecule has 0 saturated carbocycles. The van der Waals surface area contributed by atoms with E-state index >= 15 is 0 Å². The van der Waals surface area contributed by atoms with E-state index in [4.69, 9.17) is 19.9 Å². The number of hydrogen-bond donors (Lipinski definition) is 2. The van der Waals surface area contributed by atoms with Crippen LogP contribution >= 0.6 is 0 Å². The quantitative estimate of drug-likeness (QED) is 0.599. The number of fused-ring (bicyclic) bond motifs is 1. The first-order chi connectivity index (χ1) is 9.20. The lowest BCUT2D eigenvalue weighted by atomic mass is 9.99. The SMILES string of the molecule is COCCOCOc1cc(F)c2c(c1)NCC(N)C2. The zero-order valence-corrected chi connectivity index (χ0v) is 10.9. The molecule has 0 aliphatic carbocycles. The molecule has 0 radical (unpaired) electrons. The predicted octanol–water partition coefficient (Wildman–Crippen LogP) is 1.12. The van der Waals surface area contributed by atoms with E-state index in [9.17, 15) is 4.39 Å². The molecule has 0 saturated heterocycles. The van der Waals surface area contributed by atoms with Gasteiger partial charge in [-0.25, -0.2) is 4.39 Å². The van der Waals surface area contributed by atoms with Gasteiger partial charge in [-0.15, -0.1) is 0 Å². The minimum absolute atomic E-state index is 0.0499. The van der Waals surface area contributed by atoms with Gasteiger partial charge in [0, 0.05) is 43.1 Å². The standard InChI is InChI=1S/C13H19FN2O3/c1-17-2-3-18-8-19-10-5-12(14)11-4-9(15)7-16-13(11)6-10/h5-6,9,16H,2-4,7-8,15H2,1H3. The molecule has 0 aromatic heterocycles. The summed E-state index contributed by atoms with van der Waals surface area (Å²) in [5.41, 5.74) is 7.15. The molecular formula is C13H19FN2O3. The Hall–Kier alpha value is -1.37. The van der Waals surface area contributed by atoms with Crippen LogP contribution in [0.3, 0.4) is 0 Å². The Morgan fingerprint density at radius 2 is 2.26 bits per heavy atom. The molecule has 2 rings (SSSR count). The largest absolute Gasteiger partial charge is 0.467 e. The molecule has 0 bridgehead atoms. The van der Waals surface area contributed by atoms with Gasteiger partial charge >= 0.3 is 0 Å². The molecule has 1 aromatic carbocycles. The van der Waals surface area contributed by atoms with E-state index in [2.05, 4.69) is 5.32 Å². The minimum atomic E-state index is -0.299. The van der Waals surface area contributed by atoms with Crippen molar-refractivity contribution >= 4 is 5.69 Å². The van der Waals surface area contributed by atoms with Crippen LogP contribution in [0.25, 0.3) is 0 Å². The van der Waals surface area contributed by atoms with Crippen molar-refractivity contribution < 1.29 is 18.6 Å². The zero-order valence-electron chi connectivity index (χ0n) is 10.9. The molecule has 19 heavy (non-hydrogen) atoms. The van der Waals surface area contributed by atoms with Crippen LogP contribution in [-0.4, -0.2) is 39.7 Å². The number of methoxy groups -OCH3 is 1. The van der Waals surface area contributed by atoms with Gasteiger partial charge in [-0.1, -0.05) is 0 Å². The van der Waals surface area contributed by atoms with E-state index in [1.807, 2.05) is 0 Å². The van der Waals surface area contributed by atoms with Crippen molar-refractivity contribution in [2.45, 2.75) is 12.5 Å².